The van der Waals surface area contributed by atoms with Crippen molar-refractivity contribution in [2.45, 2.75) is 45.7 Å². The van der Waals surface area contributed by atoms with Crippen LogP contribution in [0.5, 0.6) is 0 Å². The van der Waals surface area contributed by atoms with Crippen molar-refractivity contribution in [3.8, 4) is 0 Å². The molecule has 2 fully saturated rings. The Kier molecular flexibility index (Phi) is 4.91. The van der Waals surface area contributed by atoms with Gasteiger partial charge in [-0.1, -0.05) is 37.3 Å². The number of hydrazine groups is 1. The molecule has 4 aliphatic heterocycles. The van der Waals surface area contributed by atoms with Gasteiger partial charge in [0.15, 0.2) is 6.17 Å². The fraction of sp³-hybridized carbons (Fsp3) is 0.450. The first-order chi connectivity index (χ1) is 13.9. The van der Waals surface area contributed by atoms with Crippen LogP contribution in [0.4, 0.5) is 9.59 Å². The first-order valence-corrected chi connectivity index (χ1v) is 9.58. The van der Waals surface area contributed by atoms with E-state index in [1.165, 1.54) is 5.01 Å². The Morgan fingerprint density at radius 2 is 1.86 bits per heavy atom. The zero-order chi connectivity index (χ0) is 20.7. The largest absolute Gasteiger partial charge is 0.448 e. The fourth-order valence-electron chi connectivity index (χ4n) is 3.89. The van der Waals surface area contributed by atoms with Gasteiger partial charge in [0.05, 0.1) is 18.6 Å². The van der Waals surface area contributed by atoms with Crippen molar-refractivity contribution in [3.63, 3.8) is 0 Å². The zero-order valence-corrected chi connectivity index (χ0v) is 16.5. The van der Waals surface area contributed by atoms with E-state index < -0.39 is 30.5 Å². The second-order valence-electron chi connectivity index (χ2n) is 7.22. The van der Waals surface area contributed by atoms with Gasteiger partial charge in [0.25, 0.3) is 0 Å². The highest BCUT2D eigenvalue weighted by Gasteiger charge is 2.61. The van der Waals surface area contributed by atoms with Gasteiger partial charge < -0.3 is 9.47 Å². The van der Waals surface area contributed by atoms with Crippen LogP contribution in [-0.4, -0.2) is 58.1 Å². The van der Waals surface area contributed by atoms with E-state index in [4.69, 9.17) is 14.3 Å². The van der Waals surface area contributed by atoms with E-state index >= 15 is 0 Å². The van der Waals surface area contributed by atoms with Gasteiger partial charge in [-0.2, -0.15) is 10.1 Å². The van der Waals surface area contributed by atoms with E-state index in [0.29, 0.717) is 0 Å². The second kappa shape index (κ2) is 7.40. The van der Waals surface area contributed by atoms with Crippen molar-refractivity contribution in [3.05, 3.63) is 47.5 Å². The molecule has 0 aliphatic carbocycles. The number of β-lactam (4-membered cyclic amide) rings is 1. The minimum absolute atomic E-state index is 0.0570. The Balaban J connectivity index is 1.62. The maximum absolute atomic E-state index is 12.8. The Labute approximate surface area is 168 Å². The van der Waals surface area contributed by atoms with Crippen molar-refractivity contribution in [1.82, 2.24) is 15.1 Å². The first-order valence-electron chi connectivity index (χ1n) is 9.58. The van der Waals surface area contributed by atoms with Gasteiger partial charge in [0.1, 0.15) is 12.7 Å². The van der Waals surface area contributed by atoms with E-state index in [-0.39, 0.29) is 25.0 Å². The van der Waals surface area contributed by atoms with Crippen molar-refractivity contribution < 1.29 is 28.7 Å². The molecule has 9 nitrogen and oxygen atoms in total. The van der Waals surface area contributed by atoms with Gasteiger partial charge in [-0.05, 0) is 31.1 Å². The molecule has 0 aromatic heterocycles. The summed E-state index contributed by atoms with van der Waals surface area (Å²) < 4.78 is 10.5. The average molecular weight is 401 g/mol. The lowest BCUT2D eigenvalue weighted by molar-refractivity contribution is -0.197. The quantitative estimate of drug-likeness (QED) is 0.571. The maximum atomic E-state index is 12.8. The van der Waals surface area contributed by atoms with E-state index in [2.05, 4.69) is 0 Å². The number of carbonyl (C=O) groups is 3. The van der Waals surface area contributed by atoms with Crippen molar-refractivity contribution in [2.75, 3.05) is 6.61 Å². The van der Waals surface area contributed by atoms with Crippen molar-refractivity contribution in [1.29, 1.82) is 0 Å². The highest BCUT2D eigenvalue weighted by Crippen LogP contribution is 2.42. The van der Waals surface area contributed by atoms with Crippen LogP contribution in [0.15, 0.2) is 42.0 Å². The topological polar surface area (TPSA) is 88.6 Å². The summed E-state index contributed by atoms with van der Waals surface area (Å²) in [5.41, 5.74) is 1.66. The summed E-state index contributed by atoms with van der Waals surface area (Å²) in [7, 11) is 0. The molecular weight excluding hydrogens is 378 g/mol. The number of fused-ring (bicyclic) bond motifs is 1. The molecule has 2 bridgehead atoms. The Morgan fingerprint density at radius 1 is 1.14 bits per heavy atom. The summed E-state index contributed by atoms with van der Waals surface area (Å²) >= 11 is 0. The molecule has 4 heterocycles. The number of benzene rings is 1. The minimum Gasteiger partial charge on any atom is -0.448 e. The monoisotopic (exact) mass is 401 g/mol. The van der Waals surface area contributed by atoms with Crippen LogP contribution in [0.2, 0.25) is 0 Å². The molecule has 0 spiro atoms. The molecule has 1 aromatic rings. The molecule has 0 N–H and O–H groups in total. The standard InChI is InChI=1S/C20H23N3O6/c1-4-27-19(25)21-15-10-12(2)17(16-13(3)18(24)22(16)21)29-23(15)20(26)28-11-14-8-6-5-7-9-14/h5-10,13,15-17H,4,11H2,1-3H3/t13-,15-,16+,17-/m1/s1. The normalized spacial score (nSPS) is 27.6. The third-order valence-corrected chi connectivity index (χ3v) is 5.37. The van der Waals surface area contributed by atoms with Crippen LogP contribution in [0.3, 0.4) is 0 Å². The van der Waals surface area contributed by atoms with Crippen LogP contribution < -0.4 is 0 Å². The molecule has 2 saturated heterocycles. The number of rotatable bonds is 3. The van der Waals surface area contributed by atoms with Crippen molar-refractivity contribution in [2.24, 2.45) is 5.92 Å². The zero-order valence-electron chi connectivity index (χ0n) is 16.5. The Bertz CT molecular complexity index is 857. The summed E-state index contributed by atoms with van der Waals surface area (Å²) in [5, 5.41) is 3.50. The molecule has 5 rings (SSSR count). The molecule has 9 heteroatoms. The molecule has 0 saturated carbocycles. The average Bonchev–Trinajstić information content (AvgIpc) is 2.93. The lowest BCUT2D eigenvalue weighted by atomic mass is 9.84. The SMILES string of the molecule is CCOC(=O)N1[C@H]2C=C(C)[C@@H](ON2C(=O)OCc2ccccc2)[C@@H]2[C@@H](C)C(=O)N21. The second-order valence-corrected chi connectivity index (χ2v) is 7.22. The van der Waals surface area contributed by atoms with E-state index in [0.717, 1.165) is 21.2 Å². The third-order valence-electron chi connectivity index (χ3n) is 5.37. The Hall–Kier alpha value is -3.07. The highest BCUT2D eigenvalue weighted by atomic mass is 16.7. The number of hydrogen-bond acceptors (Lipinski definition) is 6. The minimum atomic E-state index is -0.977. The fourth-order valence-corrected chi connectivity index (χ4v) is 3.89. The van der Waals surface area contributed by atoms with Crippen LogP contribution in [0, 0.1) is 5.92 Å². The lowest BCUT2D eigenvalue weighted by Gasteiger charge is -2.49. The van der Waals surface area contributed by atoms with E-state index in [9.17, 15) is 14.4 Å². The van der Waals surface area contributed by atoms with E-state index in [1.807, 2.05) is 37.3 Å². The number of ether oxygens (including phenoxy) is 2. The van der Waals surface area contributed by atoms with E-state index in [1.54, 1.807) is 19.9 Å². The van der Waals surface area contributed by atoms with Gasteiger partial charge in [-0.15, -0.1) is 0 Å². The van der Waals surface area contributed by atoms with Gasteiger partial charge in [0, 0.05) is 0 Å². The highest BCUT2D eigenvalue weighted by molar-refractivity contribution is 5.88. The van der Waals surface area contributed by atoms with Crippen LogP contribution in [-0.2, 0) is 25.7 Å². The molecule has 0 unspecified atom stereocenters. The van der Waals surface area contributed by atoms with Gasteiger partial charge in [0.2, 0.25) is 5.91 Å². The smallest absolute Gasteiger partial charge is 0.436 e. The van der Waals surface area contributed by atoms with Crippen LogP contribution in [0.25, 0.3) is 0 Å². The third kappa shape index (κ3) is 3.11. The predicted octanol–water partition coefficient (Wildman–Crippen LogP) is 2.45. The summed E-state index contributed by atoms with van der Waals surface area (Å²) in [6, 6.07) is 8.84. The van der Waals surface area contributed by atoms with Gasteiger partial charge >= 0.3 is 12.2 Å². The predicted molar refractivity (Wildman–Crippen MR) is 99.5 cm³/mol. The summed E-state index contributed by atoms with van der Waals surface area (Å²) in [4.78, 5) is 44.0. The Morgan fingerprint density at radius 3 is 2.55 bits per heavy atom. The first kappa shape index (κ1) is 19.3. The van der Waals surface area contributed by atoms with Crippen LogP contribution >= 0.6 is 0 Å². The molecule has 3 amide bonds. The summed E-state index contributed by atoms with van der Waals surface area (Å²) in [6.07, 6.45) is -1.27. The number of nitrogens with zero attached hydrogens (tertiary/aromatic N) is 3. The molecule has 4 aliphatic rings. The maximum Gasteiger partial charge on any atom is 0.436 e. The number of hydrogen-bond donors (Lipinski definition) is 0. The number of hydroxylamine groups is 2. The van der Waals surface area contributed by atoms with Gasteiger partial charge in [-0.25, -0.2) is 14.6 Å². The molecule has 154 valence electrons. The molecule has 29 heavy (non-hydrogen) atoms. The molecular formula is C20H23N3O6. The number of amides is 3. The molecule has 4 atom stereocenters. The van der Waals surface area contributed by atoms with Crippen molar-refractivity contribution >= 4 is 18.1 Å². The summed E-state index contributed by atoms with van der Waals surface area (Å²) in [5.74, 6) is -0.566. The molecule has 0 radical (unpaired) electrons. The summed E-state index contributed by atoms with van der Waals surface area (Å²) in [6.45, 7) is 5.50. The van der Waals surface area contributed by atoms with Crippen LogP contribution in [0.1, 0.15) is 26.3 Å². The lowest BCUT2D eigenvalue weighted by Crippen LogP contribution is -2.70. The van der Waals surface area contributed by atoms with Gasteiger partial charge in [-0.3, -0.25) is 9.63 Å². The number of carbonyl (C=O) groups excluding carboxylic acids is 3. The molecule has 1 aromatic carbocycles.